The van der Waals surface area contributed by atoms with E-state index in [0.29, 0.717) is 15.6 Å². The summed E-state index contributed by atoms with van der Waals surface area (Å²) < 4.78 is 1.13. The second kappa shape index (κ2) is 9.53. The van der Waals surface area contributed by atoms with Crippen molar-refractivity contribution < 1.29 is 29.7 Å². The fourth-order valence-electron chi connectivity index (χ4n) is 2.54. The van der Waals surface area contributed by atoms with E-state index in [4.69, 9.17) is 28.3 Å². The number of aliphatic carboxylic acids is 1. The van der Waals surface area contributed by atoms with Crippen LogP contribution in [-0.2, 0) is 22.7 Å². The Kier molecular flexibility index (Phi) is 7.35. The zero-order chi connectivity index (χ0) is 21.7. The highest BCUT2D eigenvalue weighted by Gasteiger charge is 2.23. The number of benzene rings is 1. The third-order valence-corrected chi connectivity index (χ3v) is 4.76. The minimum atomic E-state index is -1.18. The molecule has 1 heterocycles. The first-order valence-electron chi connectivity index (χ1n) is 8.39. The van der Waals surface area contributed by atoms with Crippen molar-refractivity contribution in [3.63, 3.8) is 0 Å². The number of hydrogen-bond donors (Lipinski definition) is 4. The Morgan fingerprint density at radius 2 is 1.86 bits per heavy atom. The zero-order valence-electron chi connectivity index (χ0n) is 15.4. The van der Waals surface area contributed by atoms with Gasteiger partial charge in [-0.3, -0.25) is 14.4 Å². The molecule has 0 aliphatic rings. The highest BCUT2D eigenvalue weighted by Crippen LogP contribution is 2.32. The lowest BCUT2D eigenvalue weighted by molar-refractivity contribution is -0.138. The van der Waals surface area contributed by atoms with Gasteiger partial charge in [0.25, 0.3) is 5.91 Å². The summed E-state index contributed by atoms with van der Waals surface area (Å²) in [6.07, 6.45) is 1.07. The van der Waals surface area contributed by atoms with Crippen LogP contribution in [0.2, 0.25) is 10.0 Å². The molecule has 2 rings (SSSR count). The average Bonchev–Trinajstić information content (AvgIpc) is 2.95. The summed E-state index contributed by atoms with van der Waals surface area (Å²) in [5.74, 6) is -3.47. The van der Waals surface area contributed by atoms with Gasteiger partial charge >= 0.3 is 5.97 Å². The number of hydrogen-bond acceptors (Lipinski definition) is 5. The lowest BCUT2D eigenvalue weighted by Crippen LogP contribution is -2.29. The molecular formula is C18H19Cl2N3O6. The number of carboxylic acid groups (broad SMARTS) is 1. The number of aromatic hydroxyl groups is 2. The fourth-order valence-corrected chi connectivity index (χ4v) is 2.86. The van der Waals surface area contributed by atoms with Crippen molar-refractivity contribution in [2.45, 2.75) is 19.5 Å². The molecule has 156 valence electrons. The number of nitrogens with one attached hydrogen (secondary N) is 1. The Hall–Kier alpha value is -2.91. The summed E-state index contributed by atoms with van der Waals surface area (Å²) in [7, 11) is 1.51. The van der Waals surface area contributed by atoms with E-state index in [1.54, 1.807) is 18.2 Å². The van der Waals surface area contributed by atoms with Gasteiger partial charge in [0.05, 0.1) is 10.0 Å². The van der Waals surface area contributed by atoms with E-state index in [-0.39, 0.29) is 25.1 Å². The normalized spacial score (nSPS) is 10.6. The van der Waals surface area contributed by atoms with Crippen molar-refractivity contribution >= 4 is 41.0 Å². The van der Waals surface area contributed by atoms with Crippen molar-refractivity contribution in [2.75, 3.05) is 13.6 Å². The maximum absolute atomic E-state index is 12.6. The van der Waals surface area contributed by atoms with Gasteiger partial charge in [0.15, 0.2) is 5.75 Å². The van der Waals surface area contributed by atoms with Crippen LogP contribution in [0.15, 0.2) is 24.4 Å². The largest absolute Gasteiger partial charge is 0.503 e. The summed E-state index contributed by atoms with van der Waals surface area (Å²) in [4.78, 5) is 36.0. The zero-order valence-corrected chi connectivity index (χ0v) is 16.9. The molecular weight excluding hydrogens is 425 g/mol. The van der Waals surface area contributed by atoms with Gasteiger partial charge in [-0.1, -0.05) is 29.3 Å². The summed E-state index contributed by atoms with van der Waals surface area (Å²) in [5.41, 5.74) is 0.574. The van der Waals surface area contributed by atoms with E-state index in [9.17, 15) is 24.6 Å². The summed E-state index contributed by atoms with van der Waals surface area (Å²) in [6, 6.07) is 4.93. The molecule has 0 saturated carbocycles. The van der Waals surface area contributed by atoms with Crippen molar-refractivity contribution in [3.05, 3.63) is 45.6 Å². The maximum Gasteiger partial charge on any atom is 0.322 e. The van der Waals surface area contributed by atoms with Crippen LogP contribution >= 0.6 is 23.2 Å². The molecule has 1 aromatic carbocycles. The minimum absolute atomic E-state index is 0.0609. The molecule has 0 saturated heterocycles. The Morgan fingerprint density at radius 1 is 1.17 bits per heavy atom. The van der Waals surface area contributed by atoms with Crippen LogP contribution in [-0.4, -0.2) is 56.2 Å². The minimum Gasteiger partial charge on any atom is -0.503 e. The maximum atomic E-state index is 12.6. The van der Waals surface area contributed by atoms with Crippen LogP contribution in [0.4, 0.5) is 0 Å². The molecule has 0 radical (unpaired) electrons. The smallest absolute Gasteiger partial charge is 0.322 e. The van der Waals surface area contributed by atoms with Crippen LogP contribution in [0.3, 0.4) is 0 Å². The van der Waals surface area contributed by atoms with Gasteiger partial charge in [-0.2, -0.15) is 0 Å². The number of halogens is 2. The SMILES string of the molecule is CN(Cc1ccc(Cl)c(Cl)c1)C(=O)c1cn(CCC(=O)NCC(=O)O)c(O)c1O. The monoisotopic (exact) mass is 443 g/mol. The molecule has 9 nitrogen and oxygen atoms in total. The van der Waals surface area contributed by atoms with E-state index in [1.165, 1.54) is 18.1 Å². The summed E-state index contributed by atoms with van der Waals surface area (Å²) in [5, 5.41) is 31.6. The average molecular weight is 444 g/mol. The fraction of sp³-hybridized carbons (Fsp3) is 0.278. The number of carbonyl (C=O) groups is 3. The number of rotatable bonds is 8. The van der Waals surface area contributed by atoms with Crippen molar-refractivity contribution in [1.82, 2.24) is 14.8 Å². The first-order chi connectivity index (χ1) is 13.6. The van der Waals surface area contributed by atoms with Crippen molar-refractivity contribution in [1.29, 1.82) is 0 Å². The molecule has 4 N–H and O–H groups in total. The number of aromatic nitrogens is 1. The van der Waals surface area contributed by atoms with Crippen molar-refractivity contribution in [2.24, 2.45) is 0 Å². The molecule has 0 fully saturated rings. The second-order valence-electron chi connectivity index (χ2n) is 6.24. The molecule has 2 aromatic rings. The standard InChI is InChI=1S/C18H19Cl2N3O6/c1-22(8-10-2-3-12(19)13(20)6-10)17(28)11-9-23(18(29)16(11)27)5-4-14(24)21-7-15(25)26/h2-3,6,9,27,29H,4-5,7-8H2,1H3,(H,21,24)(H,25,26). The topological polar surface area (TPSA) is 132 Å². The number of amides is 2. The van der Waals surface area contributed by atoms with E-state index in [2.05, 4.69) is 5.32 Å². The number of aryl methyl sites for hydroxylation is 1. The Labute approximate surface area is 176 Å². The first kappa shape index (κ1) is 22.4. The predicted octanol–water partition coefficient (Wildman–Crippen LogP) is 2.07. The molecule has 0 unspecified atom stereocenters. The molecule has 0 aliphatic heterocycles. The van der Waals surface area contributed by atoms with E-state index in [1.807, 2.05) is 0 Å². The highest BCUT2D eigenvalue weighted by atomic mass is 35.5. The molecule has 0 atom stereocenters. The van der Waals surface area contributed by atoms with Gasteiger partial charge in [0.1, 0.15) is 12.1 Å². The molecule has 0 aliphatic carbocycles. The molecule has 0 bridgehead atoms. The summed E-state index contributed by atoms with van der Waals surface area (Å²) in [6.45, 7) is -0.404. The van der Waals surface area contributed by atoms with E-state index < -0.39 is 36.0 Å². The second-order valence-corrected chi connectivity index (χ2v) is 7.05. The predicted molar refractivity (Wildman–Crippen MR) is 105 cm³/mol. The van der Waals surface area contributed by atoms with Crippen LogP contribution in [0.25, 0.3) is 0 Å². The van der Waals surface area contributed by atoms with E-state index in [0.717, 1.165) is 4.57 Å². The molecule has 29 heavy (non-hydrogen) atoms. The number of nitrogens with zero attached hydrogens (tertiary/aromatic N) is 2. The van der Waals surface area contributed by atoms with Crippen molar-refractivity contribution in [3.8, 4) is 11.6 Å². The van der Waals surface area contributed by atoms with Gasteiger partial charge in [-0.05, 0) is 17.7 Å². The van der Waals surface area contributed by atoms with Crippen LogP contribution in [0.1, 0.15) is 22.3 Å². The molecule has 11 heteroatoms. The van der Waals surface area contributed by atoms with Gasteiger partial charge in [0.2, 0.25) is 11.8 Å². The Morgan fingerprint density at radius 3 is 2.48 bits per heavy atom. The first-order valence-corrected chi connectivity index (χ1v) is 9.14. The molecule has 1 aromatic heterocycles. The van der Waals surface area contributed by atoms with Gasteiger partial charge in [-0.25, -0.2) is 0 Å². The van der Waals surface area contributed by atoms with Crippen LogP contribution in [0, 0.1) is 0 Å². The number of carbonyl (C=O) groups excluding carboxylic acids is 2. The Bertz CT molecular complexity index is 944. The third-order valence-electron chi connectivity index (χ3n) is 4.02. The molecule has 2 amide bonds. The summed E-state index contributed by atoms with van der Waals surface area (Å²) >= 11 is 11.8. The quantitative estimate of drug-likeness (QED) is 0.493. The molecule has 0 spiro atoms. The van der Waals surface area contributed by atoms with E-state index >= 15 is 0 Å². The van der Waals surface area contributed by atoms with Crippen LogP contribution < -0.4 is 5.32 Å². The highest BCUT2D eigenvalue weighted by molar-refractivity contribution is 6.42. The Balaban J connectivity index is 2.06. The third kappa shape index (κ3) is 5.78. The van der Waals surface area contributed by atoms with Crippen LogP contribution in [0.5, 0.6) is 11.6 Å². The van der Waals surface area contributed by atoms with Gasteiger partial charge in [-0.15, -0.1) is 0 Å². The number of carboxylic acids is 1. The lowest BCUT2D eigenvalue weighted by Gasteiger charge is -2.17. The van der Waals surface area contributed by atoms with Gasteiger partial charge in [0, 0.05) is 32.8 Å². The van der Waals surface area contributed by atoms with Gasteiger partial charge < -0.3 is 30.1 Å². The lowest BCUT2D eigenvalue weighted by atomic mass is 10.2.